The second kappa shape index (κ2) is 7.79. The molecule has 158 valence electrons. The van der Waals surface area contributed by atoms with E-state index in [0.29, 0.717) is 35.8 Å². The molecule has 0 bridgehead atoms. The minimum atomic E-state index is -0.376. The van der Waals surface area contributed by atoms with Crippen molar-refractivity contribution in [3.63, 3.8) is 0 Å². The number of fused-ring (bicyclic) bond motifs is 1. The lowest BCUT2D eigenvalue weighted by Gasteiger charge is -2.13. The van der Waals surface area contributed by atoms with Crippen LogP contribution in [-0.4, -0.2) is 32.4 Å². The first-order valence-electron chi connectivity index (χ1n) is 10.2. The summed E-state index contributed by atoms with van der Waals surface area (Å²) >= 11 is 0. The SMILES string of the molecule is COc1cccc(-n2c(=O)n(C3CC3)c(=O)c3c2ncn3CCOc2ccccc2)c1. The molecule has 1 saturated carbocycles. The fourth-order valence-electron chi connectivity index (χ4n) is 3.74. The summed E-state index contributed by atoms with van der Waals surface area (Å²) in [5.74, 6) is 1.38. The highest BCUT2D eigenvalue weighted by Crippen LogP contribution is 2.32. The van der Waals surface area contributed by atoms with Crippen molar-refractivity contribution >= 4 is 11.2 Å². The van der Waals surface area contributed by atoms with Crippen LogP contribution in [0, 0.1) is 0 Å². The van der Waals surface area contributed by atoms with E-state index in [-0.39, 0.29) is 17.3 Å². The normalized spacial score (nSPS) is 13.5. The van der Waals surface area contributed by atoms with Crippen molar-refractivity contribution < 1.29 is 9.47 Å². The van der Waals surface area contributed by atoms with Crippen molar-refractivity contribution in [3.05, 3.63) is 81.8 Å². The van der Waals surface area contributed by atoms with E-state index in [4.69, 9.17) is 9.47 Å². The standard InChI is InChI=1S/C23H22N4O4/c1-30-19-9-5-6-17(14-19)26-21-20(22(28)27(23(26)29)16-10-11-16)25(15-24-21)12-13-31-18-7-3-2-4-8-18/h2-9,14-16H,10-13H2,1H3. The molecule has 1 aliphatic carbocycles. The molecule has 0 saturated heterocycles. The van der Waals surface area contributed by atoms with E-state index in [1.165, 1.54) is 9.13 Å². The number of para-hydroxylation sites is 1. The number of benzene rings is 2. The van der Waals surface area contributed by atoms with Crippen LogP contribution in [0.3, 0.4) is 0 Å². The van der Waals surface area contributed by atoms with Crippen molar-refractivity contribution in [2.24, 2.45) is 0 Å². The highest BCUT2D eigenvalue weighted by Gasteiger charge is 2.30. The monoisotopic (exact) mass is 418 g/mol. The Bertz CT molecular complexity index is 1350. The highest BCUT2D eigenvalue weighted by molar-refractivity contribution is 5.72. The Morgan fingerprint density at radius 3 is 2.55 bits per heavy atom. The second-order valence-electron chi connectivity index (χ2n) is 7.50. The molecule has 1 aliphatic rings. The Kier molecular flexibility index (Phi) is 4.82. The van der Waals surface area contributed by atoms with Crippen LogP contribution < -0.4 is 20.7 Å². The Balaban J connectivity index is 1.60. The summed E-state index contributed by atoms with van der Waals surface area (Å²) in [5.41, 5.74) is 0.651. The van der Waals surface area contributed by atoms with Gasteiger partial charge in [-0.3, -0.25) is 9.36 Å². The lowest BCUT2D eigenvalue weighted by molar-refractivity contribution is 0.300. The van der Waals surface area contributed by atoms with E-state index in [2.05, 4.69) is 4.98 Å². The van der Waals surface area contributed by atoms with Gasteiger partial charge in [-0.05, 0) is 37.1 Å². The average molecular weight is 418 g/mol. The first-order chi connectivity index (χ1) is 15.2. The average Bonchev–Trinajstić information content (AvgIpc) is 3.54. The van der Waals surface area contributed by atoms with E-state index < -0.39 is 0 Å². The van der Waals surface area contributed by atoms with Gasteiger partial charge in [0, 0.05) is 12.1 Å². The molecule has 4 aromatic rings. The van der Waals surface area contributed by atoms with Crippen LogP contribution in [0.4, 0.5) is 0 Å². The molecule has 8 nitrogen and oxygen atoms in total. The molecule has 31 heavy (non-hydrogen) atoms. The number of rotatable bonds is 7. The molecule has 0 radical (unpaired) electrons. The Morgan fingerprint density at radius 1 is 1.03 bits per heavy atom. The number of nitrogens with zero attached hydrogens (tertiary/aromatic N) is 4. The summed E-state index contributed by atoms with van der Waals surface area (Å²) in [7, 11) is 1.57. The Morgan fingerprint density at radius 2 is 1.81 bits per heavy atom. The van der Waals surface area contributed by atoms with Crippen LogP contribution in [0.15, 0.2) is 70.5 Å². The molecule has 2 aromatic carbocycles. The maximum atomic E-state index is 13.3. The van der Waals surface area contributed by atoms with Crippen LogP contribution in [-0.2, 0) is 6.54 Å². The third kappa shape index (κ3) is 3.50. The van der Waals surface area contributed by atoms with Crippen LogP contribution in [0.2, 0.25) is 0 Å². The second-order valence-corrected chi connectivity index (χ2v) is 7.50. The van der Waals surface area contributed by atoms with E-state index in [9.17, 15) is 9.59 Å². The largest absolute Gasteiger partial charge is 0.497 e. The van der Waals surface area contributed by atoms with Crippen LogP contribution in [0.1, 0.15) is 18.9 Å². The van der Waals surface area contributed by atoms with Gasteiger partial charge in [0.2, 0.25) is 0 Å². The topological polar surface area (TPSA) is 80.3 Å². The van der Waals surface area contributed by atoms with E-state index >= 15 is 0 Å². The number of ether oxygens (including phenoxy) is 2. The number of hydrogen-bond donors (Lipinski definition) is 0. The van der Waals surface area contributed by atoms with E-state index in [0.717, 1.165) is 18.6 Å². The molecule has 2 heterocycles. The van der Waals surface area contributed by atoms with Gasteiger partial charge in [0.25, 0.3) is 5.56 Å². The lowest BCUT2D eigenvalue weighted by Crippen LogP contribution is -2.39. The van der Waals surface area contributed by atoms with E-state index in [1.54, 1.807) is 24.1 Å². The zero-order chi connectivity index (χ0) is 21.4. The van der Waals surface area contributed by atoms with Crippen molar-refractivity contribution in [1.82, 2.24) is 18.7 Å². The lowest BCUT2D eigenvalue weighted by atomic mass is 10.3. The molecule has 0 amide bonds. The molecule has 2 aromatic heterocycles. The summed E-state index contributed by atoms with van der Waals surface area (Å²) in [6, 6.07) is 16.6. The third-order valence-corrected chi connectivity index (χ3v) is 5.42. The Labute approximate surface area is 177 Å². The first-order valence-corrected chi connectivity index (χ1v) is 10.2. The molecule has 5 rings (SSSR count). The zero-order valence-electron chi connectivity index (χ0n) is 17.1. The van der Waals surface area contributed by atoms with Crippen LogP contribution >= 0.6 is 0 Å². The third-order valence-electron chi connectivity index (χ3n) is 5.42. The molecule has 8 heteroatoms. The summed E-state index contributed by atoms with van der Waals surface area (Å²) in [6.45, 7) is 0.804. The predicted octanol–water partition coefficient (Wildman–Crippen LogP) is 2.77. The Hall–Kier alpha value is -3.81. The van der Waals surface area contributed by atoms with Gasteiger partial charge < -0.3 is 14.0 Å². The fourth-order valence-corrected chi connectivity index (χ4v) is 3.74. The van der Waals surface area contributed by atoms with Gasteiger partial charge in [-0.25, -0.2) is 14.3 Å². The van der Waals surface area contributed by atoms with Gasteiger partial charge in [-0.15, -0.1) is 0 Å². The number of hydrogen-bond acceptors (Lipinski definition) is 5. The molecular formula is C23H22N4O4. The van der Waals surface area contributed by atoms with Crippen molar-refractivity contribution in [2.45, 2.75) is 25.4 Å². The number of imidazole rings is 1. The molecular weight excluding hydrogens is 396 g/mol. The maximum absolute atomic E-state index is 13.3. The predicted molar refractivity (Wildman–Crippen MR) is 116 cm³/mol. The maximum Gasteiger partial charge on any atom is 0.337 e. The molecule has 0 N–H and O–H groups in total. The van der Waals surface area contributed by atoms with Crippen molar-refractivity contribution in [3.8, 4) is 17.2 Å². The minimum Gasteiger partial charge on any atom is -0.497 e. The first kappa shape index (κ1) is 19.2. The summed E-state index contributed by atoms with van der Waals surface area (Å²) in [4.78, 5) is 31.0. The van der Waals surface area contributed by atoms with Gasteiger partial charge in [0.15, 0.2) is 11.2 Å². The zero-order valence-corrected chi connectivity index (χ0v) is 17.1. The van der Waals surface area contributed by atoms with Crippen LogP contribution in [0.25, 0.3) is 16.9 Å². The highest BCUT2D eigenvalue weighted by atomic mass is 16.5. The van der Waals surface area contributed by atoms with Gasteiger partial charge in [0.1, 0.15) is 18.1 Å². The molecule has 0 spiro atoms. The van der Waals surface area contributed by atoms with Gasteiger partial charge >= 0.3 is 5.69 Å². The summed E-state index contributed by atoms with van der Waals surface area (Å²) in [6.07, 6.45) is 3.24. The summed E-state index contributed by atoms with van der Waals surface area (Å²) in [5, 5.41) is 0. The molecule has 0 unspecified atom stereocenters. The molecule has 1 fully saturated rings. The van der Waals surface area contributed by atoms with Gasteiger partial charge in [-0.1, -0.05) is 24.3 Å². The van der Waals surface area contributed by atoms with Gasteiger partial charge in [0.05, 0.1) is 25.7 Å². The van der Waals surface area contributed by atoms with Crippen LogP contribution in [0.5, 0.6) is 11.5 Å². The van der Waals surface area contributed by atoms with E-state index in [1.807, 2.05) is 48.5 Å². The summed E-state index contributed by atoms with van der Waals surface area (Å²) < 4.78 is 15.7. The number of methoxy groups -OCH3 is 1. The number of aromatic nitrogens is 4. The van der Waals surface area contributed by atoms with Crippen molar-refractivity contribution in [1.29, 1.82) is 0 Å². The quantitative estimate of drug-likeness (QED) is 0.461. The fraction of sp³-hybridized carbons (Fsp3) is 0.261. The molecule has 0 aliphatic heterocycles. The molecule has 0 atom stereocenters. The minimum absolute atomic E-state index is 0.0647. The van der Waals surface area contributed by atoms with Gasteiger partial charge in [-0.2, -0.15) is 0 Å². The smallest absolute Gasteiger partial charge is 0.337 e. The van der Waals surface area contributed by atoms with Crippen molar-refractivity contribution in [2.75, 3.05) is 13.7 Å².